The average molecular weight is 434 g/mol. The maximum atomic E-state index is 13.3. The molecule has 7 heteroatoms. The van der Waals surface area contributed by atoms with Crippen LogP contribution >= 0.6 is 0 Å². The molecule has 0 radical (unpaired) electrons. The summed E-state index contributed by atoms with van der Waals surface area (Å²) in [6.45, 7) is 3.37. The van der Waals surface area contributed by atoms with Crippen LogP contribution in [-0.4, -0.2) is 52.4 Å². The van der Waals surface area contributed by atoms with Crippen molar-refractivity contribution in [2.75, 3.05) is 13.1 Å². The summed E-state index contributed by atoms with van der Waals surface area (Å²) in [6.07, 6.45) is 1.84. The number of para-hydroxylation sites is 1. The number of fused-ring (bicyclic) bond motifs is 2. The Morgan fingerprint density at radius 2 is 1.75 bits per heavy atom. The molecule has 0 aliphatic carbocycles. The summed E-state index contributed by atoms with van der Waals surface area (Å²) in [6, 6.07) is 14.7. The van der Waals surface area contributed by atoms with Crippen LogP contribution in [-0.2, 0) is 22.6 Å². The first-order valence-corrected chi connectivity index (χ1v) is 11.2. The van der Waals surface area contributed by atoms with Crippen molar-refractivity contribution in [1.29, 1.82) is 0 Å². The Kier molecular flexibility index (Phi) is 5.12. The molecule has 2 aromatic rings. The Morgan fingerprint density at radius 3 is 2.59 bits per heavy atom. The number of nitrogens with zero attached hydrogens (tertiary/aromatic N) is 2. The number of likely N-dealkylation sites (tertiary alicyclic amines) is 1. The van der Waals surface area contributed by atoms with E-state index in [0.29, 0.717) is 43.8 Å². The second kappa shape index (κ2) is 7.97. The van der Waals surface area contributed by atoms with E-state index < -0.39 is 11.8 Å². The number of nitrogens with one attached hydrogen (secondary N) is 1. The predicted molar refractivity (Wildman–Crippen MR) is 118 cm³/mol. The highest BCUT2D eigenvalue weighted by atomic mass is 16.5. The number of benzene rings is 2. The SMILES string of the molecule is C[C@H](C(=O)N1CCc2ccccc2C1)N1CC[C@@]2(CCC1=O)NC(=O)c1ccccc1O2. The zero-order valence-electron chi connectivity index (χ0n) is 18.2. The minimum Gasteiger partial charge on any atom is -0.467 e. The van der Waals surface area contributed by atoms with E-state index in [1.807, 2.05) is 23.1 Å². The van der Waals surface area contributed by atoms with Crippen molar-refractivity contribution in [2.24, 2.45) is 0 Å². The third-order valence-corrected chi connectivity index (χ3v) is 6.87. The predicted octanol–water partition coefficient (Wildman–Crippen LogP) is 2.49. The van der Waals surface area contributed by atoms with E-state index in [-0.39, 0.29) is 24.1 Å². The summed E-state index contributed by atoms with van der Waals surface area (Å²) in [5.41, 5.74) is 2.02. The molecule has 2 aromatic carbocycles. The summed E-state index contributed by atoms with van der Waals surface area (Å²) < 4.78 is 6.20. The maximum Gasteiger partial charge on any atom is 0.258 e. The Balaban J connectivity index is 1.30. The molecule has 0 aromatic heterocycles. The lowest BCUT2D eigenvalue weighted by molar-refractivity contribution is -0.145. The minimum absolute atomic E-state index is 0.0391. The number of hydrogen-bond donors (Lipinski definition) is 1. The van der Waals surface area contributed by atoms with Crippen molar-refractivity contribution in [3.05, 3.63) is 65.2 Å². The Morgan fingerprint density at radius 1 is 1.00 bits per heavy atom. The van der Waals surface area contributed by atoms with Crippen molar-refractivity contribution in [1.82, 2.24) is 15.1 Å². The summed E-state index contributed by atoms with van der Waals surface area (Å²) in [7, 11) is 0. The Hall–Kier alpha value is -3.35. The summed E-state index contributed by atoms with van der Waals surface area (Å²) >= 11 is 0. The molecule has 5 rings (SSSR count). The molecule has 3 heterocycles. The lowest BCUT2D eigenvalue weighted by Crippen LogP contribution is -2.56. The van der Waals surface area contributed by atoms with Crippen molar-refractivity contribution >= 4 is 17.7 Å². The molecule has 1 saturated heterocycles. The number of hydrogen-bond acceptors (Lipinski definition) is 4. The van der Waals surface area contributed by atoms with Gasteiger partial charge < -0.3 is 19.9 Å². The molecule has 3 aliphatic rings. The van der Waals surface area contributed by atoms with Crippen LogP contribution in [0.3, 0.4) is 0 Å². The van der Waals surface area contributed by atoms with Gasteiger partial charge in [-0.05, 0) is 36.6 Å². The fraction of sp³-hybridized carbons (Fsp3) is 0.400. The molecule has 0 unspecified atom stereocenters. The number of amides is 3. The zero-order valence-corrected chi connectivity index (χ0v) is 18.2. The van der Waals surface area contributed by atoms with Crippen LogP contribution in [0.1, 0.15) is 47.7 Å². The highest BCUT2D eigenvalue weighted by molar-refractivity contribution is 5.98. The molecule has 1 N–H and O–H groups in total. The Bertz CT molecular complexity index is 1080. The third kappa shape index (κ3) is 3.61. The molecule has 166 valence electrons. The lowest BCUT2D eigenvalue weighted by Gasteiger charge is -2.39. The van der Waals surface area contributed by atoms with Gasteiger partial charge in [0.15, 0.2) is 5.72 Å². The highest BCUT2D eigenvalue weighted by Crippen LogP contribution is 2.34. The minimum atomic E-state index is -0.928. The number of ether oxygens (including phenoxy) is 1. The van der Waals surface area contributed by atoms with Gasteiger partial charge in [0, 0.05) is 38.9 Å². The summed E-state index contributed by atoms with van der Waals surface area (Å²) in [5.74, 6) is 0.219. The molecule has 0 bridgehead atoms. The first-order valence-electron chi connectivity index (χ1n) is 11.2. The standard InChI is InChI=1S/C25H27N3O4/c1-17(24(31)27-14-11-18-6-2-3-7-19(18)16-27)28-15-13-25(12-10-22(28)29)26-23(30)20-8-4-5-9-21(20)32-25/h2-9,17H,10-16H2,1H3,(H,26,30)/t17-,25+/m1/s1. The van der Waals surface area contributed by atoms with Crippen LogP contribution in [0.15, 0.2) is 48.5 Å². The lowest BCUT2D eigenvalue weighted by atomic mass is 9.99. The van der Waals surface area contributed by atoms with Gasteiger partial charge in [-0.1, -0.05) is 36.4 Å². The van der Waals surface area contributed by atoms with E-state index in [0.717, 1.165) is 12.0 Å². The smallest absolute Gasteiger partial charge is 0.258 e. The van der Waals surface area contributed by atoms with Gasteiger partial charge in [-0.15, -0.1) is 0 Å². The van der Waals surface area contributed by atoms with Gasteiger partial charge in [0.1, 0.15) is 11.8 Å². The van der Waals surface area contributed by atoms with Crippen molar-refractivity contribution in [2.45, 2.75) is 50.9 Å². The van der Waals surface area contributed by atoms with E-state index in [9.17, 15) is 14.4 Å². The molecule has 2 atom stereocenters. The Labute approximate surface area is 187 Å². The number of rotatable bonds is 2. The van der Waals surface area contributed by atoms with Crippen LogP contribution in [0.25, 0.3) is 0 Å². The van der Waals surface area contributed by atoms with Crippen LogP contribution < -0.4 is 10.1 Å². The third-order valence-electron chi connectivity index (χ3n) is 6.87. The van der Waals surface area contributed by atoms with E-state index in [1.165, 1.54) is 5.56 Å². The van der Waals surface area contributed by atoms with Gasteiger partial charge in [-0.2, -0.15) is 0 Å². The number of carbonyl (C=O) groups excluding carboxylic acids is 3. The molecular weight excluding hydrogens is 406 g/mol. The first kappa shape index (κ1) is 20.5. The fourth-order valence-electron chi connectivity index (χ4n) is 4.97. The molecule has 1 fully saturated rings. The van der Waals surface area contributed by atoms with E-state index in [4.69, 9.17) is 4.74 Å². The summed E-state index contributed by atoms with van der Waals surface area (Å²) in [5, 5.41) is 2.98. The van der Waals surface area contributed by atoms with Crippen LogP contribution in [0.4, 0.5) is 0 Å². The normalized spacial score (nSPS) is 23.5. The molecular formula is C25H27N3O4. The molecule has 3 aliphatic heterocycles. The van der Waals surface area contributed by atoms with Crippen LogP contribution in [0, 0.1) is 0 Å². The van der Waals surface area contributed by atoms with Gasteiger partial charge >= 0.3 is 0 Å². The van der Waals surface area contributed by atoms with Crippen LogP contribution in [0.2, 0.25) is 0 Å². The number of carbonyl (C=O) groups is 3. The molecule has 0 saturated carbocycles. The molecule has 3 amide bonds. The average Bonchev–Trinajstić information content (AvgIpc) is 2.96. The highest BCUT2D eigenvalue weighted by Gasteiger charge is 2.44. The molecule has 1 spiro atoms. The van der Waals surface area contributed by atoms with E-state index >= 15 is 0 Å². The maximum absolute atomic E-state index is 13.3. The largest absolute Gasteiger partial charge is 0.467 e. The molecule has 32 heavy (non-hydrogen) atoms. The monoisotopic (exact) mass is 433 g/mol. The quantitative estimate of drug-likeness (QED) is 0.789. The van der Waals surface area contributed by atoms with Gasteiger partial charge in [-0.25, -0.2) is 0 Å². The summed E-state index contributed by atoms with van der Waals surface area (Å²) in [4.78, 5) is 42.4. The second-order valence-electron chi connectivity index (χ2n) is 8.84. The van der Waals surface area contributed by atoms with Gasteiger partial charge in [-0.3, -0.25) is 14.4 Å². The van der Waals surface area contributed by atoms with E-state index in [2.05, 4.69) is 17.4 Å². The fourth-order valence-corrected chi connectivity index (χ4v) is 4.97. The van der Waals surface area contributed by atoms with Gasteiger partial charge in [0.05, 0.1) is 5.56 Å². The topological polar surface area (TPSA) is 79.0 Å². The van der Waals surface area contributed by atoms with E-state index in [1.54, 1.807) is 30.0 Å². The first-order chi connectivity index (χ1) is 15.5. The van der Waals surface area contributed by atoms with Crippen molar-refractivity contribution < 1.29 is 19.1 Å². The van der Waals surface area contributed by atoms with Crippen LogP contribution in [0.5, 0.6) is 5.75 Å². The second-order valence-corrected chi connectivity index (χ2v) is 8.84. The van der Waals surface area contributed by atoms with Crippen molar-refractivity contribution in [3.8, 4) is 5.75 Å². The van der Waals surface area contributed by atoms with Gasteiger partial charge in [0.2, 0.25) is 11.8 Å². The zero-order chi connectivity index (χ0) is 22.3. The molecule has 7 nitrogen and oxygen atoms in total. The van der Waals surface area contributed by atoms with Crippen molar-refractivity contribution in [3.63, 3.8) is 0 Å². The van der Waals surface area contributed by atoms with Gasteiger partial charge in [0.25, 0.3) is 5.91 Å².